The van der Waals surface area contributed by atoms with Crippen LogP contribution in [0.4, 0.5) is 0 Å². The van der Waals surface area contributed by atoms with E-state index in [1.807, 2.05) is 0 Å². The zero-order valence-corrected chi connectivity index (χ0v) is 16.8. The number of aromatic hydroxyl groups is 1. The summed E-state index contributed by atoms with van der Waals surface area (Å²) < 4.78 is 6.38. The number of rotatable bonds is 4. The first-order valence-corrected chi connectivity index (χ1v) is 9.14. The number of nitrogens with one attached hydrogen (secondary N) is 2. The van der Waals surface area contributed by atoms with E-state index in [4.69, 9.17) is 4.74 Å². The van der Waals surface area contributed by atoms with E-state index in [1.54, 1.807) is 43.5 Å². The number of fused-ring (bicyclic) bond motifs is 1. The van der Waals surface area contributed by atoms with Gasteiger partial charge in [0.05, 0.1) is 12.6 Å². The number of H-pyrrole nitrogens is 1. The Bertz CT molecular complexity index is 1050. The van der Waals surface area contributed by atoms with E-state index in [-0.39, 0.29) is 17.9 Å². The number of hydrogen-bond acceptors (Lipinski definition) is 4. The number of benzene rings is 2. The minimum atomic E-state index is -0.662. The van der Waals surface area contributed by atoms with Crippen LogP contribution in [0.1, 0.15) is 15.9 Å². The fourth-order valence-corrected chi connectivity index (χ4v) is 3.85. The minimum absolute atomic E-state index is 0.210. The molecule has 0 bridgehead atoms. The Hall–Kier alpha value is -2.32. The van der Waals surface area contributed by atoms with Crippen LogP contribution in [0, 0.1) is 0 Å². The van der Waals surface area contributed by atoms with E-state index in [0.717, 1.165) is 5.56 Å². The molecule has 0 fully saturated rings. The van der Waals surface area contributed by atoms with Crippen LogP contribution in [0.3, 0.4) is 0 Å². The normalized spacial score (nSPS) is 10.7. The quantitative estimate of drug-likeness (QED) is 0.529. The van der Waals surface area contributed by atoms with E-state index in [0.29, 0.717) is 25.6 Å². The van der Waals surface area contributed by atoms with Crippen molar-refractivity contribution in [3.05, 3.63) is 66.8 Å². The van der Waals surface area contributed by atoms with E-state index in [2.05, 4.69) is 42.2 Å². The summed E-state index contributed by atoms with van der Waals surface area (Å²) >= 11 is 6.66. The van der Waals surface area contributed by atoms with Gasteiger partial charge in [0.1, 0.15) is 17.1 Å². The number of carbonyl (C=O) groups excluding carboxylic acids is 1. The average molecular weight is 482 g/mol. The van der Waals surface area contributed by atoms with Crippen LogP contribution in [0.15, 0.2) is 50.1 Å². The predicted molar refractivity (Wildman–Crippen MR) is 106 cm³/mol. The number of amides is 1. The predicted octanol–water partition coefficient (Wildman–Crippen LogP) is 3.70. The van der Waals surface area contributed by atoms with Gasteiger partial charge in [-0.1, -0.05) is 28.1 Å². The van der Waals surface area contributed by atoms with Gasteiger partial charge in [-0.05, 0) is 45.8 Å². The largest absolute Gasteiger partial charge is 0.506 e. The third-order valence-corrected chi connectivity index (χ3v) is 4.93. The van der Waals surface area contributed by atoms with E-state index >= 15 is 0 Å². The average Bonchev–Trinajstić information content (AvgIpc) is 2.61. The molecule has 26 heavy (non-hydrogen) atoms. The monoisotopic (exact) mass is 480 g/mol. The first-order chi connectivity index (χ1) is 12.4. The summed E-state index contributed by atoms with van der Waals surface area (Å²) in [5.41, 5.74) is 0.269. The smallest absolute Gasteiger partial charge is 0.265 e. The molecule has 0 saturated heterocycles. The highest BCUT2D eigenvalue weighted by Gasteiger charge is 2.20. The van der Waals surface area contributed by atoms with Gasteiger partial charge in [-0.3, -0.25) is 9.59 Å². The summed E-state index contributed by atoms with van der Waals surface area (Å²) in [7, 11) is 1.57. The van der Waals surface area contributed by atoms with Crippen molar-refractivity contribution in [3.8, 4) is 11.5 Å². The van der Waals surface area contributed by atoms with Crippen LogP contribution in [0.2, 0.25) is 0 Å². The highest BCUT2D eigenvalue weighted by Crippen LogP contribution is 2.32. The van der Waals surface area contributed by atoms with Gasteiger partial charge in [-0.2, -0.15) is 0 Å². The fourth-order valence-electron chi connectivity index (χ4n) is 2.53. The highest BCUT2D eigenvalue weighted by molar-refractivity contribution is 9.11. The second-order valence-corrected chi connectivity index (χ2v) is 7.29. The maximum absolute atomic E-state index is 12.5. The summed E-state index contributed by atoms with van der Waals surface area (Å²) in [5, 5.41) is 13.5. The Morgan fingerprint density at radius 3 is 2.58 bits per heavy atom. The molecule has 134 valence electrons. The molecule has 2 aromatic carbocycles. The van der Waals surface area contributed by atoms with E-state index in [1.165, 1.54) is 0 Å². The van der Waals surface area contributed by atoms with Crippen molar-refractivity contribution in [3.63, 3.8) is 0 Å². The molecule has 0 spiro atoms. The number of ether oxygens (including phenoxy) is 1. The summed E-state index contributed by atoms with van der Waals surface area (Å²) in [6.45, 7) is 0.210. The van der Waals surface area contributed by atoms with Crippen LogP contribution < -0.4 is 15.6 Å². The van der Waals surface area contributed by atoms with Gasteiger partial charge in [0.15, 0.2) is 0 Å². The van der Waals surface area contributed by atoms with Crippen molar-refractivity contribution >= 4 is 48.7 Å². The first-order valence-electron chi connectivity index (χ1n) is 7.56. The maximum Gasteiger partial charge on any atom is 0.265 e. The van der Waals surface area contributed by atoms with Crippen LogP contribution in [-0.4, -0.2) is 23.1 Å². The lowest BCUT2D eigenvalue weighted by atomic mass is 10.1. The van der Waals surface area contributed by atoms with E-state index < -0.39 is 11.5 Å². The molecule has 0 atom stereocenters. The number of aromatic amines is 1. The Morgan fingerprint density at radius 1 is 1.23 bits per heavy atom. The number of halogens is 2. The van der Waals surface area contributed by atoms with Gasteiger partial charge in [0, 0.05) is 20.9 Å². The Balaban J connectivity index is 1.91. The molecule has 0 aliphatic rings. The molecule has 6 nitrogen and oxygen atoms in total. The lowest BCUT2D eigenvalue weighted by molar-refractivity contribution is 0.0947. The van der Waals surface area contributed by atoms with Gasteiger partial charge in [-0.25, -0.2) is 0 Å². The van der Waals surface area contributed by atoms with Crippen molar-refractivity contribution in [1.82, 2.24) is 10.3 Å². The van der Waals surface area contributed by atoms with Gasteiger partial charge in [-0.15, -0.1) is 0 Å². The minimum Gasteiger partial charge on any atom is -0.506 e. The molecule has 0 radical (unpaired) electrons. The standard InChI is InChI=1S/C18H14Br2N2O4/c1-26-11-4-2-9(3-5-11)8-21-17(24)14-16(23)12-6-10(19)7-13(20)15(12)22-18(14)25/h2-7H,8H2,1H3,(H,21,24)(H2,22,23,25). The molecular formula is C18H14Br2N2O4. The van der Waals surface area contributed by atoms with Crippen molar-refractivity contribution in [2.45, 2.75) is 6.54 Å². The fraction of sp³-hybridized carbons (Fsp3) is 0.111. The van der Waals surface area contributed by atoms with Crippen LogP contribution in [0.25, 0.3) is 10.9 Å². The molecule has 0 aliphatic carbocycles. The second kappa shape index (κ2) is 7.51. The molecule has 3 aromatic rings. The Kier molecular flexibility index (Phi) is 5.33. The molecule has 0 unspecified atom stereocenters. The van der Waals surface area contributed by atoms with Gasteiger partial charge in [0.2, 0.25) is 0 Å². The number of pyridine rings is 1. The molecule has 3 N–H and O–H groups in total. The maximum atomic E-state index is 12.5. The number of carbonyl (C=O) groups is 1. The van der Waals surface area contributed by atoms with Crippen molar-refractivity contribution in [2.24, 2.45) is 0 Å². The molecule has 0 saturated carbocycles. The summed E-state index contributed by atoms with van der Waals surface area (Å²) in [4.78, 5) is 27.4. The summed E-state index contributed by atoms with van der Waals surface area (Å²) in [5.74, 6) is -0.310. The molecule has 0 aliphatic heterocycles. The lowest BCUT2D eigenvalue weighted by Gasteiger charge is -2.10. The molecule has 8 heteroatoms. The molecular weight excluding hydrogens is 468 g/mol. The number of aromatic nitrogens is 1. The van der Waals surface area contributed by atoms with Crippen LogP contribution in [-0.2, 0) is 6.54 Å². The van der Waals surface area contributed by atoms with Crippen LogP contribution in [0.5, 0.6) is 11.5 Å². The summed E-state index contributed by atoms with van der Waals surface area (Å²) in [6.07, 6.45) is 0. The first kappa shape index (κ1) is 18.5. The lowest BCUT2D eigenvalue weighted by Crippen LogP contribution is -2.29. The van der Waals surface area contributed by atoms with E-state index in [9.17, 15) is 14.7 Å². The Labute approximate surface area is 165 Å². The van der Waals surface area contributed by atoms with Crippen LogP contribution >= 0.6 is 31.9 Å². The molecule has 1 heterocycles. The van der Waals surface area contributed by atoms with Gasteiger partial charge in [0.25, 0.3) is 11.5 Å². The zero-order chi connectivity index (χ0) is 18.8. The topological polar surface area (TPSA) is 91.4 Å². The molecule has 1 amide bonds. The molecule has 1 aromatic heterocycles. The zero-order valence-electron chi connectivity index (χ0n) is 13.6. The van der Waals surface area contributed by atoms with Gasteiger partial charge >= 0.3 is 0 Å². The summed E-state index contributed by atoms with van der Waals surface area (Å²) in [6, 6.07) is 10.5. The Morgan fingerprint density at radius 2 is 1.92 bits per heavy atom. The molecule has 3 rings (SSSR count). The third kappa shape index (κ3) is 3.61. The van der Waals surface area contributed by atoms with Crippen molar-refractivity contribution in [2.75, 3.05) is 7.11 Å². The third-order valence-electron chi connectivity index (χ3n) is 3.85. The SMILES string of the molecule is COc1ccc(CNC(=O)c2c(O)c3cc(Br)cc(Br)c3[nH]c2=O)cc1. The highest BCUT2D eigenvalue weighted by atomic mass is 79.9. The number of hydrogen-bond donors (Lipinski definition) is 3. The van der Waals surface area contributed by atoms with Crippen molar-refractivity contribution in [1.29, 1.82) is 0 Å². The number of methoxy groups -OCH3 is 1. The van der Waals surface area contributed by atoms with Gasteiger partial charge < -0.3 is 20.1 Å². The van der Waals surface area contributed by atoms with Crippen molar-refractivity contribution < 1.29 is 14.6 Å². The second-order valence-electron chi connectivity index (χ2n) is 5.52.